The summed E-state index contributed by atoms with van der Waals surface area (Å²) in [5, 5.41) is 0. The van der Waals surface area contributed by atoms with Crippen LogP contribution in [0.4, 0.5) is 0 Å². The second-order valence-corrected chi connectivity index (χ2v) is 3.82. The summed E-state index contributed by atoms with van der Waals surface area (Å²) < 4.78 is 5.52. The van der Waals surface area contributed by atoms with Crippen LogP contribution < -0.4 is 4.74 Å². The Labute approximate surface area is 119 Å². The molecule has 1 aromatic carbocycles. The first-order valence-corrected chi connectivity index (χ1v) is 7.35. The van der Waals surface area contributed by atoms with Crippen molar-refractivity contribution in [2.45, 2.75) is 61.3 Å². The third-order valence-corrected chi connectivity index (χ3v) is 2.23. The molecule has 0 saturated heterocycles. The molecular weight excluding hydrogens is 236 g/mol. The minimum absolute atomic E-state index is 0.186. The molecule has 1 rings (SSSR count). The van der Waals surface area contributed by atoms with Crippen LogP contribution in [0.15, 0.2) is 18.2 Å². The van der Waals surface area contributed by atoms with Crippen LogP contribution in [0, 0.1) is 6.92 Å². The molecule has 0 aromatic heterocycles. The lowest BCUT2D eigenvalue weighted by Crippen LogP contribution is -2.01. The first-order chi connectivity index (χ1) is 9.13. The fourth-order valence-electron chi connectivity index (χ4n) is 1.42. The van der Waals surface area contributed by atoms with Crippen molar-refractivity contribution in [2.75, 3.05) is 6.61 Å². The smallest absolute Gasteiger partial charge is 0.134 e. The highest BCUT2D eigenvalue weighted by Gasteiger charge is 2.03. The van der Waals surface area contributed by atoms with Crippen LogP contribution in [-0.2, 0) is 11.2 Å². The van der Waals surface area contributed by atoms with Crippen molar-refractivity contribution in [1.82, 2.24) is 0 Å². The highest BCUT2D eigenvalue weighted by Crippen LogP contribution is 2.18. The largest absolute Gasteiger partial charge is 0.494 e. The lowest BCUT2D eigenvalue weighted by Gasteiger charge is -2.08. The van der Waals surface area contributed by atoms with Crippen molar-refractivity contribution in [2.24, 2.45) is 0 Å². The number of ether oxygens (including phenoxy) is 1. The molecule has 1 aromatic rings. The molecular formula is C17H30O2. The summed E-state index contributed by atoms with van der Waals surface area (Å²) in [5.74, 6) is 1.05. The number of Topliss-reactive ketones (excluding diaryl/α,β-unsaturated/α-hetero) is 1. The number of aryl methyl sites for hydroxylation is 1. The minimum atomic E-state index is 0.186. The molecule has 0 fully saturated rings. The average molecular weight is 266 g/mol. The van der Waals surface area contributed by atoms with E-state index in [9.17, 15) is 4.79 Å². The van der Waals surface area contributed by atoms with Crippen LogP contribution in [0.5, 0.6) is 5.75 Å². The third-order valence-electron chi connectivity index (χ3n) is 2.23. The van der Waals surface area contributed by atoms with Gasteiger partial charge in [0.05, 0.1) is 6.61 Å². The number of hydrogen-bond acceptors (Lipinski definition) is 2. The fraction of sp³-hybridized carbons (Fsp3) is 0.588. The lowest BCUT2D eigenvalue weighted by molar-refractivity contribution is -0.116. The van der Waals surface area contributed by atoms with Gasteiger partial charge in [-0.05, 0) is 43.5 Å². The van der Waals surface area contributed by atoms with Crippen molar-refractivity contribution in [3.8, 4) is 5.75 Å². The summed E-state index contributed by atoms with van der Waals surface area (Å²) >= 11 is 0. The van der Waals surface area contributed by atoms with Crippen molar-refractivity contribution >= 4 is 5.78 Å². The van der Waals surface area contributed by atoms with Crippen LogP contribution in [0.1, 0.15) is 59.1 Å². The molecule has 0 aliphatic heterocycles. The molecule has 0 aliphatic rings. The van der Waals surface area contributed by atoms with Gasteiger partial charge in [-0.15, -0.1) is 0 Å². The highest BCUT2D eigenvalue weighted by molar-refractivity contribution is 5.78. The van der Waals surface area contributed by atoms with Crippen LogP contribution in [-0.4, -0.2) is 12.4 Å². The molecule has 2 nitrogen and oxygen atoms in total. The van der Waals surface area contributed by atoms with E-state index in [4.69, 9.17) is 4.74 Å². The number of benzene rings is 1. The Bertz CT molecular complexity index is 343. The van der Waals surface area contributed by atoms with Gasteiger partial charge in [-0.25, -0.2) is 0 Å². The standard InChI is InChI=1S/C13H18O2.2C2H6/c1-4-7-15-13-6-5-10(2)12(9-13)8-11(3)14;2*1-2/h5-6,9H,4,7-8H2,1-3H3;2*1-2H3. The summed E-state index contributed by atoms with van der Waals surface area (Å²) in [6.07, 6.45) is 1.49. The van der Waals surface area contributed by atoms with E-state index >= 15 is 0 Å². The lowest BCUT2D eigenvalue weighted by atomic mass is 10.0. The van der Waals surface area contributed by atoms with E-state index < -0.39 is 0 Å². The zero-order valence-corrected chi connectivity index (χ0v) is 13.7. The van der Waals surface area contributed by atoms with Gasteiger partial charge in [-0.1, -0.05) is 40.7 Å². The maximum Gasteiger partial charge on any atom is 0.134 e. The van der Waals surface area contributed by atoms with E-state index in [0.29, 0.717) is 6.42 Å². The van der Waals surface area contributed by atoms with Gasteiger partial charge in [0.2, 0.25) is 0 Å². The Balaban J connectivity index is 0. The quantitative estimate of drug-likeness (QED) is 0.752. The van der Waals surface area contributed by atoms with Gasteiger partial charge in [0, 0.05) is 6.42 Å². The third kappa shape index (κ3) is 9.29. The molecule has 110 valence electrons. The van der Waals surface area contributed by atoms with Crippen LogP contribution in [0.2, 0.25) is 0 Å². The molecule has 0 spiro atoms. The van der Waals surface area contributed by atoms with Crippen molar-refractivity contribution in [1.29, 1.82) is 0 Å². The first-order valence-electron chi connectivity index (χ1n) is 7.35. The Kier molecular flexibility index (Phi) is 13.8. The summed E-state index contributed by atoms with van der Waals surface area (Å²) in [4.78, 5) is 11.0. The normalized spacial score (nSPS) is 8.58. The van der Waals surface area contributed by atoms with E-state index in [2.05, 4.69) is 6.92 Å². The van der Waals surface area contributed by atoms with Gasteiger partial charge >= 0.3 is 0 Å². The Hall–Kier alpha value is -1.31. The molecule has 0 heterocycles. The summed E-state index contributed by atoms with van der Waals surface area (Å²) in [5.41, 5.74) is 2.21. The molecule has 19 heavy (non-hydrogen) atoms. The summed E-state index contributed by atoms with van der Waals surface area (Å²) in [6, 6.07) is 5.92. The number of carbonyl (C=O) groups excluding carboxylic acids is 1. The Morgan fingerprint density at radius 3 is 2.21 bits per heavy atom. The second kappa shape index (κ2) is 13.1. The van der Waals surface area contributed by atoms with E-state index in [1.165, 1.54) is 0 Å². The van der Waals surface area contributed by atoms with Gasteiger partial charge in [0.1, 0.15) is 11.5 Å². The zero-order chi connectivity index (χ0) is 15.3. The predicted molar refractivity (Wildman–Crippen MR) is 84.0 cm³/mol. The van der Waals surface area contributed by atoms with Crippen LogP contribution >= 0.6 is 0 Å². The van der Waals surface area contributed by atoms with Gasteiger partial charge in [-0.2, -0.15) is 0 Å². The van der Waals surface area contributed by atoms with Gasteiger partial charge in [0.25, 0.3) is 0 Å². The molecule has 0 unspecified atom stereocenters. The molecule has 0 radical (unpaired) electrons. The topological polar surface area (TPSA) is 26.3 Å². The summed E-state index contributed by atoms with van der Waals surface area (Å²) in [6.45, 7) is 14.4. The molecule has 0 bridgehead atoms. The Morgan fingerprint density at radius 1 is 1.16 bits per heavy atom. The molecule has 0 atom stereocenters. The molecule has 0 aliphatic carbocycles. The van der Waals surface area contributed by atoms with E-state index in [1.54, 1.807) is 6.92 Å². The van der Waals surface area contributed by atoms with E-state index in [-0.39, 0.29) is 5.78 Å². The zero-order valence-electron chi connectivity index (χ0n) is 13.7. The second-order valence-electron chi connectivity index (χ2n) is 3.82. The SMILES string of the molecule is CC.CC.CCCOc1ccc(C)c(CC(C)=O)c1. The average Bonchev–Trinajstić information content (AvgIpc) is 2.43. The van der Waals surface area contributed by atoms with Gasteiger partial charge in [0.15, 0.2) is 0 Å². The van der Waals surface area contributed by atoms with Crippen molar-refractivity contribution in [3.63, 3.8) is 0 Å². The van der Waals surface area contributed by atoms with Gasteiger partial charge in [-0.3, -0.25) is 4.79 Å². The monoisotopic (exact) mass is 266 g/mol. The van der Waals surface area contributed by atoms with Crippen LogP contribution in [0.3, 0.4) is 0 Å². The molecule has 2 heteroatoms. The maximum atomic E-state index is 11.0. The number of ketones is 1. The molecule has 0 saturated carbocycles. The fourth-order valence-corrected chi connectivity index (χ4v) is 1.42. The molecule has 0 N–H and O–H groups in total. The summed E-state index contributed by atoms with van der Waals surface area (Å²) in [7, 11) is 0. The minimum Gasteiger partial charge on any atom is -0.494 e. The van der Waals surface area contributed by atoms with Crippen LogP contribution in [0.25, 0.3) is 0 Å². The molecule has 0 amide bonds. The maximum absolute atomic E-state index is 11.0. The van der Waals surface area contributed by atoms with Crippen molar-refractivity contribution in [3.05, 3.63) is 29.3 Å². The number of carbonyl (C=O) groups is 1. The number of hydrogen-bond donors (Lipinski definition) is 0. The highest BCUT2D eigenvalue weighted by atomic mass is 16.5. The van der Waals surface area contributed by atoms with E-state index in [1.807, 2.05) is 52.8 Å². The first kappa shape index (κ1) is 20.0. The number of rotatable bonds is 5. The predicted octanol–water partition coefficient (Wildman–Crippen LogP) is 4.97. The van der Waals surface area contributed by atoms with E-state index in [0.717, 1.165) is 29.9 Å². The van der Waals surface area contributed by atoms with Crippen molar-refractivity contribution < 1.29 is 9.53 Å². The van der Waals surface area contributed by atoms with Gasteiger partial charge < -0.3 is 4.74 Å². The Morgan fingerprint density at radius 2 is 1.74 bits per heavy atom.